The molecule has 0 radical (unpaired) electrons. The Labute approximate surface area is 238 Å². The Hall–Kier alpha value is -4.35. The van der Waals surface area contributed by atoms with E-state index in [1.54, 1.807) is 12.1 Å². The number of rotatable bonds is 7. The largest absolute Gasteiger partial charge is 0.453 e. The molecule has 1 amide bonds. The number of nitrogens with zero attached hydrogens (tertiary/aromatic N) is 6. The maximum absolute atomic E-state index is 12.7. The van der Waals surface area contributed by atoms with Gasteiger partial charge in [-0.2, -0.15) is 5.10 Å². The number of anilines is 2. The highest BCUT2D eigenvalue weighted by molar-refractivity contribution is 5.97. The monoisotopic (exact) mass is 555 g/mol. The maximum atomic E-state index is 12.7. The second-order valence-electron chi connectivity index (χ2n) is 10.3. The number of aromatic nitrogens is 4. The second-order valence-corrected chi connectivity index (χ2v) is 10.3. The Morgan fingerprint density at radius 3 is 2.41 bits per heavy atom. The number of carbonyl (C=O) groups excluding carboxylic acids is 2. The number of ether oxygens (including phenoxy) is 2. The maximum Gasteiger partial charge on any atom is 0.411 e. The number of morpholine rings is 1. The molecule has 2 aromatic carbocycles. The first-order valence-corrected chi connectivity index (χ1v) is 13.9. The van der Waals surface area contributed by atoms with Crippen molar-refractivity contribution in [3.63, 3.8) is 0 Å². The van der Waals surface area contributed by atoms with Crippen LogP contribution in [0.3, 0.4) is 0 Å². The summed E-state index contributed by atoms with van der Waals surface area (Å²) in [7, 11) is 1.33. The molecule has 0 unspecified atom stereocenters. The average molecular weight is 556 g/mol. The first-order chi connectivity index (χ1) is 20.1. The van der Waals surface area contributed by atoms with Crippen molar-refractivity contribution in [2.24, 2.45) is 0 Å². The Kier molecular flexibility index (Phi) is 7.88. The van der Waals surface area contributed by atoms with E-state index < -0.39 is 6.09 Å². The van der Waals surface area contributed by atoms with Crippen molar-refractivity contribution in [1.82, 2.24) is 24.6 Å². The number of methoxy groups -OCH3 is 1. The van der Waals surface area contributed by atoms with Crippen LogP contribution in [-0.4, -0.2) is 89.6 Å². The molecule has 0 atom stereocenters. The number of ketones is 1. The SMILES string of the molecule is COC(=O)Nc1ccc(-c2nc(N3CCOCC3)c3cnn(C4CCN(CC(=O)c5ccccc5)CC4)c3n2)cc1. The summed E-state index contributed by atoms with van der Waals surface area (Å²) < 4.78 is 12.3. The molecule has 2 saturated heterocycles. The summed E-state index contributed by atoms with van der Waals surface area (Å²) in [6.45, 7) is 4.82. The lowest BCUT2D eigenvalue weighted by Crippen LogP contribution is -2.38. The highest BCUT2D eigenvalue weighted by atomic mass is 16.5. The van der Waals surface area contributed by atoms with Gasteiger partial charge < -0.3 is 14.4 Å². The van der Waals surface area contributed by atoms with Crippen molar-refractivity contribution in [1.29, 1.82) is 0 Å². The lowest BCUT2D eigenvalue weighted by molar-refractivity contribution is 0.0896. The molecule has 0 aliphatic carbocycles. The molecule has 2 aromatic heterocycles. The lowest BCUT2D eigenvalue weighted by atomic mass is 10.0. The molecule has 6 rings (SSSR count). The summed E-state index contributed by atoms with van der Waals surface area (Å²) >= 11 is 0. The fourth-order valence-electron chi connectivity index (χ4n) is 5.44. The van der Waals surface area contributed by atoms with Crippen LogP contribution in [0.5, 0.6) is 0 Å². The zero-order chi connectivity index (χ0) is 28.2. The number of piperidine rings is 1. The number of likely N-dealkylation sites (tertiary alicyclic amines) is 1. The standard InChI is InChI=1S/C30H33N7O4/c1-40-30(39)32-23-9-7-22(8-10-23)27-33-28(36-15-17-41-18-16-36)25-19-31-37(29(25)34-27)24-11-13-35(14-12-24)20-26(38)21-5-3-2-4-6-21/h2-10,19,24H,11-18,20H2,1H3,(H,32,39). The fourth-order valence-corrected chi connectivity index (χ4v) is 5.44. The van der Waals surface area contributed by atoms with Gasteiger partial charge in [-0.1, -0.05) is 30.3 Å². The van der Waals surface area contributed by atoms with E-state index in [0.717, 1.165) is 67.0 Å². The van der Waals surface area contributed by atoms with E-state index >= 15 is 0 Å². The van der Waals surface area contributed by atoms with E-state index in [1.165, 1.54) is 7.11 Å². The van der Waals surface area contributed by atoms with Crippen molar-refractivity contribution in [2.45, 2.75) is 18.9 Å². The summed E-state index contributed by atoms with van der Waals surface area (Å²) in [5.41, 5.74) is 3.00. The molecule has 2 aliphatic rings. The van der Waals surface area contributed by atoms with Gasteiger partial charge >= 0.3 is 6.09 Å². The van der Waals surface area contributed by atoms with Gasteiger partial charge in [0.2, 0.25) is 0 Å². The lowest BCUT2D eigenvalue weighted by Gasteiger charge is -2.32. The second kappa shape index (κ2) is 12.0. The van der Waals surface area contributed by atoms with Crippen molar-refractivity contribution < 1.29 is 19.1 Å². The van der Waals surface area contributed by atoms with Gasteiger partial charge in [0.05, 0.1) is 44.5 Å². The van der Waals surface area contributed by atoms with Gasteiger partial charge in [-0.25, -0.2) is 19.4 Å². The molecule has 4 aromatic rings. The predicted molar refractivity (Wildman–Crippen MR) is 155 cm³/mol. The third-order valence-electron chi connectivity index (χ3n) is 7.69. The zero-order valence-electron chi connectivity index (χ0n) is 23.0. The Bertz CT molecular complexity index is 1510. The van der Waals surface area contributed by atoms with E-state index in [1.807, 2.05) is 53.3 Å². The first-order valence-electron chi connectivity index (χ1n) is 13.9. The molecule has 11 nitrogen and oxygen atoms in total. The fraction of sp³-hybridized carbons (Fsp3) is 0.367. The molecule has 0 saturated carbocycles. The minimum atomic E-state index is -0.524. The quantitative estimate of drug-likeness (QED) is 0.338. The molecule has 41 heavy (non-hydrogen) atoms. The normalized spacial score (nSPS) is 16.6. The van der Waals surface area contributed by atoms with Crippen LogP contribution in [0.15, 0.2) is 60.8 Å². The summed E-state index contributed by atoms with van der Waals surface area (Å²) in [6.07, 6.45) is 3.10. The van der Waals surface area contributed by atoms with E-state index in [9.17, 15) is 9.59 Å². The van der Waals surface area contributed by atoms with E-state index in [4.69, 9.17) is 19.8 Å². The number of fused-ring (bicyclic) bond motifs is 1. The van der Waals surface area contributed by atoms with E-state index in [-0.39, 0.29) is 11.8 Å². The van der Waals surface area contributed by atoms with Crippen LogP contribution < -0.4 is 10.2 Å². The highest BCUT2D eigenvalue weighted by Gasteiger charge is 2.27. The van der Waals surface area contributed by atoms with Crippen molar-refractivity contribution in [3.8, 4) is 11.4 Å². The van der Waals surface area contributed by atoms with Crippen molar-refractivity contribution in [2.75, 3.05) is 63.3 Å². The van der Waals surface area contributed by atoms with Gasteiger partial charge in [0.25, 0.3) is 0 Å². The third kappa shape index (κ3) is 5.91. The Morgan fingerprint density at radius 2 is 1.71 bits per heavy atom. The molecule has 2 fully saturated rings. The Morgan fingerprint density at radius 1 is 0.976 bits per heavy atom. The average Bonchev–Trinajstić information content (AvgIpc) is 3.46. The number of hydrogen-bond acceptors (Lipinski definition) is 9. The van der Waals surface area contributed by atoms with Gasteiger partial charge in [0, 0.05) is 43.0 Å². The number of hydrogen-bond donors (Lipinski definition) is 1. The van der Waals surface area contributed by atoms with Gasteiger partial charge in [0.1, 0.15) is 5.82 Å². The molecular weight excluding hydrogens is 522 g/mol. The van der Waals surface area contributed by atoms with Crippen molar-refractivity contribution >= 4 is 34.4 Å². The third-order valence-corrected chi connectivity index (χ3v) is 7.69. The predicted octanol–water partition coefficient (Wildman–Crippen LogP) is 4.03. The van der Waals surface area contributed by atoms with Gasteiger partial charge in [-0.05, 0) is 37.1 Å². The van der Waals surface area contributed by atoms with Crippen LogP contribution in [-0.2, 0) is 9.47 Å². The smallest absolute Gasteiger partial charge is 0.411 e. The minimum Gasteiger partial charge on any atom is -0.453 e. The number of benzene rings is 2. The summed E-state index contributed by atoms with van der Waals surface area (Å²) in [4.78, 5) is 38.8. The van der Waals surface area contributed by atoms with Crippen LogP contribution in [0.1, 0.15) is 29.2 Å². The molecule has 4 heterocycles. The molecule has 212 valence electrons. The molecule has 0 spiro atoms. The van der Waals surface area contributed by atoms with Crippen LogP contribution in [0.25, 0.3) is 22.4 Å². The minimum absolute atomic E-state index is 0.147. The Balaban J connectivity index is 1.26. The molecule has 0 bridgehead atoms. The van der Waals surface area contributed by atoms with Gasteiger partial charge in [-0.15, -0.1) is 0 Å². The highest BCUT2D eigenvalue weighted by Crippen LogP contribution is 2.32. The van der Waals surface area contributed by atoms with Crippen LogP contribution in [0.2, 0.25) is 0 Å². The van der Waals surface area contributed by atoms with Crippen LogP contribution in [0.4, 0.5) is 16.3 Å². The summed E-state index contributed by atoms with van der Waals surface area (Å²) in [5, 5.41) is 8.40. The first kappa shape index (κ1) is 26.9. The summed E-state index contributed by atoms with van der Waals surface area (Å²) in [6, 6.07) is 17.0. The molecule has 2 aliphatic heterocycles. The van der Waals surface area contributed by atoms with Crippen molar-refractivity contribution in [3.05, 3.63) is 66.4 Å². The van der Waals surface area contributed by atoms with Crippen LogP contribution >= 0.6 is 0 Å². The number of Topliss-reactive ketones (excluding diaryl/α,β-unsaturated/α-hetero) is 1. The number of nitrogens with one attached hydrogen (secondary N) is 1. The molecular formula is C30H33N7O4. The van der Waals surface area contributed by atoms with E-state index in [2.05, 4.69) is 19.9 Å². The number of carbonyl (C=O) groups is 2. The van der Waals surface area contributed by atoms with Crippen LogP contribution in [0, 0.1) is 0 Å². The number of amides is 1. The van der Waals surface area contributed by atoms with Gasteiger partial charge in [0.15, 0.2) is 17.3 Å². The van der Waals surface area contributed by atoms with E-state index in [0.29, 0.717) is 31.3 Å². The molecule has 11 heteroatoms. The van der Waals surface area contributed by atoms with Gasteiger partial charge in [-0.3, -0.25) is 15.0 Å². The topological polar surface area (TPSA) is 115 Å². The summed E-state index contributed by atoms with van der Waals surface area (Å²) in [5.74, 6) is 1.59. The zero-order valence-corrected chi connectivity index (χ0v) is 23.0. The molecule has 1 N–H and O–H groups in total.